The van der Waals surface area contributed by atoms with Crippen LogP contribution in [0.5, 0.6) is 0 Å². The molecule has 0 saturated carbocycles. The van der Waals surface area contributed by atoms with Gasteiger partial charge in [0.1, 0.15) is 12.7 Å². The number of aromatic nitrogens is 4. The maximum Gasteiger partial charge on any atom is 0.137 e. The summed E-state index contributed by atoms with van der Waals surface area (Å²) in [6, 6.07) is 2.09. The minimum absolute atomic E-state index is 0.731. The molecule has 0 aromatic carbocycles. The Bertz CT molecular complexity index is 380. The van der Waals surface area contributed by atoms with Crippen LogP contribution in [0.1, 0.15) is 11.1 Å². The summed E-state index contributed by atoms with van der Waals surface area (Å²) in [7, 11) is 0. The highest BCUT2D eigenvalue weighted by molar-refractivity contribution is 5.16. The third-order valence-corrected chi connectivity index (χ3v) is 1.74. The van der Waals surface area contributed by atoms with Crippen molar-refractivity contribution in [3.05, 3.63) is 42.2 Å². The van der Waals surface area contributed by atoms with E-state index in [-0.39, 0.29) is 0 Å². The summed E-state index contributed by atoms with van der Waals surface area (Å²) in [5.74, 6) is 0. The molecule has 0 spiro atoms. The van der Waals surface area contributed by atoms with Crippen LogP contribution in [0.25, 0.3) is 0 Å². The number of aryl methyl sites for hydroxylation is 1. The largest absolute Gasteiger partial charge is 0.264 e. The minimum atomic E-state index is 0.731. The summed E-state index contributed by atoms with van der Waals surface area (Å²) < 4.78 is 1.77. The average molecular weight is 174 g/mol. The Balaban J connectivity index is 2.19. The summed E-state index contributed by atoms with van der Waals surface area (Å²) in [6.07, 6.45) is 6.91. The molecule has 0 atom stereocenters. The molecule has 0 bridgehead atoms. The summed E-state index contributed by atoms with van der Waals surface area (Å²) >= 11 is 0. The monoisotopic (exact) mass is 174 g/mol. The summed E-state index contributed by atoms with van der Waals surface area (Å²) in [6.45, 7) is 2.76. The van der Waals surface area contributed by atoms with Gasteiger partial charge in [-0.3, -0.25) is 4.98 Å². The zero-order chi connectivity index (χ0) is 9.10. The SMILES string of the molecule is Cc1cncc(Cn2cncn2)c1. The van der Waals surface area contributed by atoms with Gasteiger partial charge in [-0.2, -0.15) is 5.10 Å². The van der Waals surface area contributed by atoms with E-state index < -0.39 is 0 Å². The predicted molar refractivity (Wildman–Crippen MR) is 48.1 cm³/mol. The van der Waals surface area contributed by atoms with Crippen molar-refractivity contribution in [3.63, 3.8) is 0 Å². The molecule has 0 amide bonds. The Labute approximate surface area is 76.3 Å². The van der Waals surface area contributed by atoms with Crippen LogP contribution >= 0.6 is 0 Å². The Kier molecular flexibility index (Phi) is 2.04. The second-order valence-electron chi connectivity index (χ2n) is 2.96. The van der Waals surface area contributed by atoms with Crippen molar-refractivity contribution in [1.29, 1.82) is 0 Å². The van der Waals surface area contributed by atoms with Gasteiger partial charge in [0.15, 0.2) is 0 Å². The first-order valence-corrected chi connectivity index (χ1v) is 4.07. The first-order chi connectivity index (χ1) is 6.34. The molecule has 0 aliphatic carbocycles. The molecule has 2 aromatic heterocycles. The van der Waals surface area contributed by atoms with Gasteiger partial charge in [-0.25, -0.2) is 9.67 Å². The highest BCUT2D eigenvalue weighted by Gasteiger charge is 1.95. The fourth-order valence-corrected chi connectivity index (χ4v) is 1.21. The van der Waals surface area contributed by atoms with Crippen LogP contribution in [0.2, 0.25) is 0 Å². The van der Waals surface area contributed by atoms with Crippen molar-refractivity contribution in [2.24, 2.45) is 0 Å². The molecule has 0 fully saturated rings. The van der Waals surface area contributed by atoms with Gasteiger partial charge in [-0.15, -0.1) is 0 Å². The van der Waals surface area contributed by atoms with Gasteiger partial charge >= 0.3 is 0 Å². The van der Waals surface area contributed by atoms with Gasteiger partial charge < -0.3 is 0 Å². The van der Waals surface area contributed by atoms with Gasteiger partial charge in [-0.05, 0) is 18.1 Å². The molecule has 4 nitrogen and oxygen atoms in total. The lowest BCUT2D eigenvalue weighted by Crippen LogP contribution is -2.00. The molecule has 0 saturated heterocycles. The molecule has 66 valence electrons. The second-order valence-corrected chi connectivity index (χ2v) is 2.96. The molecular formula is C9H10N4. The number of hydrogen-bond acceptors (Lipinski definition) is 3. The van der Waals surface area contributed by atoms with E-state index in [0.717, 1.165) is 17.7 Å². The summed E-state index contributed by atoms with van der Waals surface area (Å²) in [5, 5.41) is 4.02. The molecule has 2 rings (SSSR count). The van der Waals surface area contributed by atoms with E-state index in [1.54, 1.807) is 11.0 Å². The van der Waals surface area contributed by atoms with E-state index in [9.17, 15) is 0 Å². The maximum atomic E-state index is 4.10. The van der Waals surface area contributed by atoms with Crippen LogP contribution in [0.15, 0.2) is 31.1 Å². The maximum absolute atomic E-state index is 4.10. The van der Waals surface area contributed by atoms with Gasteiger partial charge in [0, 0.05) is 12.4 Å². The van der Waals surface area contributed by atoms with Gasteiger partial charge in [0.25, 0.3) is 0 Å². The lowest BCUT2D eigenvalue weighted by molar-refractivity contribution is 0.682. The van der Waals surface area contributed by atoms with Crippen LogP contribution in [0.4, 0.5) is 0 Å². The zero-order valence-electron chi connectivity index (χ0n) is 7.38. The molecule has 0 unspecified atom stereocenters. The first-order valence-electron chi connectivity index (χ1n) is 4.07. The fourth-order valence-electron chi connectivity index (χ4n) is 1.21. The zero-order valence-corrected chi connectivity index (χ0v) is 7.38. The first kappa shape index (κ1) is 7.91. The van der Waals surface area contributed by atoms with Crippen LogP contribution in [-0.4, -0.2) is 19.7 Å². The van der Waals surface area contributed by atoms with Gasteiger partial charge in [0.05, 0.1) is 6.54 Å². The smallest absolute Gasteiger partial charge is 0.137 e. The minimum Gasteiger partial charge on any atom is -0.264 e. The van der Waals surface area contributed by atoms with E-state index in [4.69, 9.17) is 0 Å². The number of rotatable bonds is 2. The molecule has 0 aliphatic rings. The third kappa shape index (κ3) is 1.90. The van der Waals surface area contributed by atoms with Crippen LogP contribution < -0.4 is 0 Å². The van der Waals surface area contributed by atoms with E-state index >= 15 is 0 Å². The van der Waals surface area contributed by atoms with Crippen molar-refractivity contribution >= 4 is 0 Å². The number of nitrogens with zero attached hydrogens (tertiary/aromatic N) is 4. The summed E-state index contributed by atoms with van der Waals surface area (Å²) in [4.78, 5) is 7.98. The second kappa shape index (κ2) is 3.35. The van der Waals surface area contributed by atoms with Gasteiger partial charge in [-0.1, -0.05) is 6.07 Å². The third-order valence-electron chi connectivity index (χ3n) is 1.74. The standard InChI is InChI=1S/C9H10N4/c1-8-2-9(4-10-3-8)5-13-7-11-6-12-13/h2-4,6-7H,5H2,1H3. The molecule has 0 radical (unpaired) electrons. The van der Waals surface area contributed by atoms with E-state index in [1.165, 1.54) is 6.33 Å². The Hall–Kier alpha value is -1.71. The Morgan fingerprint density at radius 1 is 1.31 bits per heavy atom. The van der Waals surface area contributed by atoms with Crippen molar-refractivity contribution in [2.75, 3.05) is 0 Å². The Morgan fingerprint density at radius 2 is 2.23 bits per heavy atom. The van der Waals surface area contributed by atoms with E-state index in [1.807, 2.05) is 19.3 Å². The lowest BCUT2D eigenvalue weighted by Gasteiger charge is -2.00. The van der Waals surface area contributed by atoms with Crippen LogP contribution in [0.3, 0.4) is 0 Å². The highest BCUT2D eigenvalue weighted by atomic mass is 15.3. The molecule has 0 N–H and O–H groups in total. The topological polar surface area (TPSA) is 43.6 Å². The summed E-state index contributed by atoms with van der Waals surface area (Å²) in [5.41, 5.74) is 2.31. The molecular weight excluding hydrogens is 164 g/mol. The van der Waals surface area contributed by atoms with Crippen molar-refractivity contribution < 1.29 is 0 Å². The molecule has 2 heterocycles. The van der Waals surface area contributed by atoms with Crippen LogP contribution in [-0.2, 0) is 6.54 Å². The van der Waals surface area contributed by atoms with Crippen LogP contribution in [0, 0.1) is 6.92 Å². The molecule has 4 heteroatoms. The highest BCUT2D eigenvalue weighted by Crippen LogP contribution is 2.02. The van der Waals surface area contributed by atoms with Crippen molar-refractivity contribution in [2.45, 2.75) is 13.5 Å². The van der Waals surface area contributed by atoms with Gasteiger partial charge in [0.2, 0.25) is 0 Å². The molecule has 0 aliphatic heterocycles. The van der Waals surface area contributed by atoms with Crippen molar-refractivity contribution in [1.82, 2.24) is 19.7 Å². The predicted octanol–water partition coefficient (Wildman–Crippen LogP) is 1.03. The fraction of sp³-hybridized carbons (Fsp3) is 0.222. The average Bonchev–Trinajstić information content (AvgIpc) is 2.57. The number of pyridine rings is 1. The quantitative estimate of drug-likeness (QED) is 0.683. The molecule has 13 heavy (non-hydrogen) atoms. The normalized spacial score (nSPS) is 10.2. The van der Waals surface area contributed by atoms with Crippen molar-refractivity contribution in [3.8, 4) is 0 Å². The number of hydrogen-bond donors (Lipinski definition) is 0. The molecule has 2 aromatic rings. The lowest BCUT2D eigenvalue weighted by atomic mass is 10.2. The van der Waals surface area contributed by atoms with E-state index in [0.29, 0.717) is 0 Å². The van der Waals surface area contributed by atoms with E-state index in [2.05, 4.69) is 21.1 Å². The Morgan fingerprint density at radius 3 is 2.92 bits per heavy atom.